The summed E-state index contributed by atoms with van der Waals surface area (Å²) in [4.78, 5) is 35.1. The number of aliphatic carboxylic acids is 1. The average Bonchev–Trinajstić information content (AvgIpc) is 3.46. The van der Waals surface area contributed by atoms with Crippen LogP contribution in [0.15, 0.2) is 48.5 Å². The summed E-state index contributed by atoms with van der Waals surface area (Å²) in [6.45, 7) is 2.28. The van der Waals surface area contributed by atoms with Crippen molar-refractivity contribution in [2.75, 3.05) is 13.2 Å². The number of alkyl carbamates (subject to hydrolysis) is 1. The number of hydrogen-bond acceptors (Lipinski definition) is 4. The molecule has 2 amide bonds. The predicted molar refractivity (Wildman–Crippen MR) is 115 cm³/mol. The molecule has 1 fully saturated rings. The zero-order valence-corrected chi connectivity index (χ0v) is 17.3. The second-order valence-corrected chi connectivity index (χ2v) is 8.32. The molecule has 1 saturated carbocycles. The van der Waals surface area contributed by atoms with Crippen LogP contribution in [0, 0.1) is 11.8 Å². The zero-order valence-electron chi connectivity index (χ0n) is 17.3. The van der Waals surface area contributed by atoms with Crippen molar-refractivity contribution < 1.29 is 24.2 Å². The highest BCUT2D eigenvalue weighted by atomic mass is 16.5. The van der Waals surface area contributed by atoms with Crippen molar-refractivity contribution in [3.05, 3.63) is 59.7 Å². The summed E-state index contributed by atoms with van der Waals surface area (Å²) in [6, 6.07) is 15.9. The van der Waals surface area contributed by atoms with Gasteiger partial charge in [0.25, 0.3) is 0 Å². The third-order valence-electron chi connectivity index (χ3n) is 5.98. The minimum atomic E-state index is -0.947. The van der Waals surface area contributed by atoms with Crippen LogP contribution in [0.5, 0.6) is 0 Å². The highest BCUT2D eigenvalue weighted by molar-refractivity contribution is 5.82. The second kappa shape index (κ2) is 8.79. The number of fused-ring (bicyclic) bond motifs is 3. The molecule has 31 heavy (non-hydrogen) atoms. The molecule has 0 saturated heterocycles. The maximum atomic E-state index is 12.2. The van der Waals surface area contributed by atoms with Crippen LogP contribution in [0.2, 0.25) is 0 Å². The number of carboxylic acids is 1. The number of carboxylic acid groups (broad SMARTS) is 1. The Labute approximate surface area is 180 Å². The fraction of sp³-hybridized carbons (Fsp3) is 0.375. The molecule has 162 valence electrons. The van der Waals surface area contributed by atoms with Gasteiger partial charge in [-0.1, -0.05) is 48.5 Å². The lowest BCUT2D eigenvalue weighted by Gasteiger charge is -2.14. The Balaban J connectivity index is 1.24. The minimum absolute atomic E-state index is 0.00771. The summed E-state index contributed by atoms with van der Waals surface area (Å²) < 4.78 is 5.51. The molecule has 7 nitrogen and oxygen atoms in total. The van der Waals surface area contributed by atoms with Gasteiger partial charge in [-0.2, -0.15) is 0 Å². The molecular formula is C24H26N2O5. The van der Waals surface area contributed by atoms with Gasteiger partial charge < -0.3 is 20.5 Å². The fourth-order valence-corrected chi connectivity index (χ4v) is 4.32. The molecule has 3 atom stereocenters. The molecule has 2 aromatic carbocycles. The van der Waals surface area contributed by atoms with E-state index < -0.39 is 18.1 Å². The van der Waals surface area contributed by atoms with Gasteiger partial charge in [-0.05, 0) is 41.5 Å². The Bertz CT molecular complexity index is 959. The first kappa shape index (κ1) is 20.9. The van der Waals surface area contributed by atoms with Gasteiger partial charge in [0.1, 0.15) is 6.61 Å². The molecule has 0 bridgehead atoms. The Morgan fingerprint density at radius 1 is 1.06 bits per heavy atom. The molecule has 0 aliphatic heterocycles. The first-order valence-electron chi connectivity index (χ1n) is 10.5. The highest BCUT2D eigenvalue weighted by Crippen LogP contribution is 2.44. The Hall–Kier alpha value is -3.35. The third-order valence-corrected chi connectivity index (χ3v) is 5.98. The lowest BCUT2D eigenvalue weighted by atomic mass is 9.98. The summed E-state index contributed by atoms with van der Waals surface area (Å²) >= 11 is 0. The maximum Gasteiger partial charge on any atom is 0.407 e. The zero-order chi connectivity index (χ0) is 22.0. The molecule has 7 heteroatoms. The van der Waals surface area contributed by atoms with Gasteiger partial charge in [0.2, 0.25) is 5.91 Å². The van der Waals surface area contributed by atoms with Crippen molar-refractivity contribution in [2.45, 2.75) is 31.7 Å². The second-order valence-electron chi connectivity index (χ2n) is 8.32. The number of amides is 2. The van der Waals surface area contributed by atoms with Crippen LogP contribution in [0.25, 0.3) is 11.1 Å². The Morgan fingerprint density at radius 2 is 1.68 bits per heavy atom. The standard InChI is InChI=1S/C24H26N2O5/c1-14(10-22(27)28)26-23(29)20-11-15(20)12-25-24(30)31-13-21-18-8-4-2-6-16(18)17-7-3-5-9-19(17)21/h2-9,14-15,20-21H,10-13H2,1H3,(H,25,30)(H,26,29)(H,27,28)/t14-,15+,20+/m1/s1. The van der Waals surface area contributed by atoms with Gasteiger partial charge in [0.05, 0.1) is 6.42 Å². The van der Waals surface area contributed by atoms with Crippen molar-refractivity contribution in [3.63, 3.8) is 0 Å². The number of carbonyl (C=O) groups excluding carboxylic acids is 2. The predicted octanol–water partition coefficient (Wildman–Crippen LogP) is 3.14. The number of rotatable bonds is 8. The van der Waals surface area contributed by atoms with Gasteiger partial charge in [0.15, 0.2) is 0 Å². The van der Waals surface area contributed by atoms with Gasteiger partial charge in [-0.25, -0.2) is 4.79 Å². The first-order valence-corrected chi connectivity index (χ1v) is 10.5. The van der Waals surface area contributed by atoms with Crippen LogP contribution in [0.3, 0.4) is 0 Å². The van der Waals surface area contributed by atoms with E-state index in [4.69, 9.17) is 9.84 Å². The highest BCUT2D eigenvalue weighted by Gasteiger charge is 2.43. The van der Waals surface area contributed by atoms with Gasteiger partial charge in [0, 0.05) is 24.4 Å². The lowest BCUT2D eigenvalue weighted by molar-refractivity contribution is -0.137. The summed E-state index contributed by atoms with van der Waals surface area (Å²) in [5.74, 6) is -1.24. The van der Waals surface area contributed by atoms with Crippen LogP contribution in [0.1, 0.15) is 36.8 Å². The Morgan fingerprint density at radius 3 is 2.29 bits per heavy atom. The van der Waals surface area contributed by atoms with E-state index in [9.17, 15) is 14.4 Å². The van der Waals surface area contributed by atoms with E-state index in [0.29, 0.717) is 13.0 Å². The molecule has 2 aliphatic rings. The van der Waals surface area contributed by atoms with E-state index in [0.717, 1.165) is 11.1 Å². The number of hydrogen-bond donors (Lipinski definition) is 3. The van der Waals surface area contributed by atoms with Gasteiger partial charge in [-0.15, -0.1) is 0 Å². The van der Waals surface area contributed by atoms with Crippen molar-refractivity contribution in [2.24, 2.45) is 11.8 Å². The van der Waals surface area contributed by atoms with Crippen molar-refractivity contribution in [1.82, 2.24) is 10.6 Å². The van der Waals surface area contributed by atoms with Crippen LogP contribution < -0.4 is 10.6 Å². The minimum Gasteiger partial charge on any atom is -0.481 e. The topological polar surface area (TPSA) is 105 Å². The van der Waals surface area contributed by atoms with Crippen LogP contribution in [0.4, 0.5) is 4.79 Å². The van der Waals surface area contributed by atoms with Gasteiger partial charge in [-0.3, -0.25) is 9.59 Å². The van der Waals surface area contributed by atoms with E-state index in [1.165, 1.54) is 11.1 Å². The molecular weight excluding hydrogens is 396 g/mol. The molecule has 0 spiro atoms. The first-order chi connectivity index (χ1) is 14.9. The fourth-order valence-electron chi connectivity index (χ4n) is 4.32. The molecule has 2 aliphatic carbocycles. The molecule has 0 radical (unpaired) electrons. The number of nitrogens with one attached hydrogen (secondary N) is 2. The summed E-state index contributed by atoms with van der Waals surface area (Å²) in [5.41, 5.74) is 4.67. The molecule has 0 aromatic heterocycles. The van der Waals surface area contributed by atoms with Crippen LogP contribution in [-0.2, 0) is 14.3 Å². The summed E-state index contributed by atoms with van der Waals surface area (Å²) in [6.07, 6.45) is 0.0725. The monoisotopic (exact) mass is 422 g/mol. The van der Waals surface area contributed by atoms with E-state index in [2.05, 4.69) is 34.9 Å². The molecule has 2 aromatic rings. The van der Waals surface area contributed by atoms with E-state index in [-0.39, 0.29) is 36.7 Å². The lowest BCUT2D eigenvalue weighted by Crippen LogP contribution is -2.36. The quantitative estimate of drug-likeness (QED) is 0.606. The van der Waals surface area contributed by atoms with E-state index >= 15 is 0 Å². The number of benzene rings is 2. The maximum absolute atomic E-state index is 12.2. The largest absolute Gasteiger partial charge is 0.481 e. The van der Waals surface area contributed by atoms with Crippen LogP contribution in [-0.4, -0.2) is 42.3 Å². The van der Waals surface area contributed by atoms with E-state index in [1.807, 2.05) is 24.3 Å². The smallest absolute Gasteiger partial charge is 0.407 e. The average molecular weight is 422 g/mol. The molecule has 0 unspecified atom stereocenters. The molecule has 3 N–H and O–H groups in total. The van der Waals surface area contributed by atoms with Crippen LogP contribution >= 0.6 is 0 Å². The molecule has 4 rings (SSSR count). The number of carbonyl (C=O) groups is 3. The third kappa shape index (κ3) is 4.71. The van der Waals surface area contributed by atoms with E-state index in [1.54, 1.807) is 6.92 Å². The Kier molecular flexibility index (Phi) is 5.93. The van der Waals surface area contributed by atoms with Crippen molar-refractivity contribution in [3.8, 4) is 11.1 Å². The van der Waals surface area contributed by atoms with Crippen molar-refractivity contribution in [1.29, 1.82) is 0 Å². The number of ether oxygens (including phenoxy) is 1. The summed E-state index contributed by atoms with van der Waals surface area (Å²) in [5, 5.41) is 14.2. The van der Waals surface area contributed by atoms with Crippen molar-refractivity contribution >= 4 is 18.0 Å². The molecule has 0 heterocycles. The normalized spacial score (nSPS) is 19.6. The van der Waals surface area contributed by atoms with Gasteiger partial charge >= 0.3 is 12.1 Å². The SMILES string of the molecule is C[C@H](CC(=O)O)NC(=O)[C@H]1C[C@H]1CNC(=O)OCC1c2ccccc2-c2ccccc21. The summed E-state index contributed by atoms with van der Waals surface area (Å²) in [7, 11) is 0.